The second-order valence-corrected chi connectivity index (χ2v) is 6.35. The fourth-order valence-corrected chi connectivity index (χ4v) is 2.86. The fourth-order valence-electron chi connectivity index (χ4n) is 2.46. The lowest BCUT2D eigenvalue weighted by atomic mass is 10.2. The maximum Gasteiger partial charge on any atom is 0.228 e. The number of amides is 1. The molecule has 1 aromatic carbocycles. The monoisotopic (exact) mass is 325 g/mol. The molecule has 4 nitrogen and oxygen atoms in total. The number of carbonyl (C=O) groups excluding carboxylic acids is 1. The Morgan fingerprint density at radius 1 is 1.22 bits per heavy atom. The van der Waals surface area contributed by atoms with Crippen molar-refractivity contribution >= 4 is 23.3 Å². The van der Waals surface area contributed by atoms with E-state index in [1.165, 1.54) is 4.90 Å². The molecule has 0 unspecified atom stereocenters. The van der Waals surface area contributed by atoms with Crippen molar-refractivity contribution in [2.24, 2.45) is 0 Å². The van der Waals surface area contributed by atoms with E-state index in [2.05, 4.69) is 35.5 Å². The highest BCUT2D eigenvalue weighted by atomic mass is 32.2. The van der Waals surface area contributed by atoms with E-state index in [1.54, 1.807) is 16.7 Å². The van der Waals surface area contributed by atoms with Crippen LogP contribution in [0.15, 0.2) is 59.8 Å². The molecule has 23 heavy (non-hydrogen) atoms. The highest BCUT2D eigenvalue weighted by Gasteiger charge is 2.12. The van der Waals surface area contributed by atoms with Crippen molar-refractivity contribution in [3.8, 4) is 0 Å². The first-order valence-electron chi connectivity index (χ1n) is 7.45. The third-order valence-corrected chi connectivity index (χ3v) is 4.49. The molecule has 0 saturated heterocycles. The minimum absolute atomic E-state index is 0.0716. The van der Waals surface area contributed by atoms with Crippen molar-refractivity contribution < 1.29 is 4.79 Å². The summed E-state index contributed by atoms with van der Waals surface area (Å²) in [7, 11) is 1.83. The first-order chi connectivity index (χ1) is 11.2. The molecular formula is C18H19N3OS. The Kier molecular flexibility index (Phi) is 4.67. The maximum atomic E-state index is 12.4. The van der Waals surface area contributed by atoms with Crippen LogP contribution in [0, 0.1) is 0 Å². The predicted octanol–water partition coefficient (Wildman–Crippen LogP) is 3.26. The summed E-state index contributed by atoms with van der Waals surface area (Å²) in [6, 6.07) is 14.1. The molecule has 3 aromatic rings. The molecule has 0 bridgehead atoms. The van der Waals surface area contributed by atoms with Gasteiger partial charge in [-0.2, -0.15) is 0 Å². The van der Waals surface area contributed by atoms with Gasteiger partial charge < -0.3 is 9.30 Å². The van der Waals surface area contributed by atoms with Crippen molar-refractivity contribution in [3.05, 3.63) is 66.1 Å². The Bertz CT molecular complexity index is 778. The zero-order valence-corrected chi connectivity index (χ0v) is 14.1. The number of nitrogens with zero attached hydrogens (tertiary/aromatic N) is 3. The summed E-state index contributed by atoms with van der Waals surface area (Å²) in [4.78, 5) is 19.8. The molecule has 0 aliphatic heterocycles. The second kappa shape index (κ2) is 6.87. The molecule has 0 aliphatic rings. The highest BCUT2D eigenvalue weighted by molar-refractivity contribution is 7.98. The van der Waals surface area contributed by atoms with Crippen LogP contribution in [0.4, 0.5) is 0 Å². The van der Waals surface area contributed by atoms with Crippen molar-refractivity contribution in [1.82, 2.24) is 14.3 Å². The van der Waals surface area contributed by atoms with Gasteiger partial charge >= 0.3 is 0 Å². The third kappa shape index (κ3) is 3.74. The topological polar surface area (TPSA) is 37.6 Å². The molecule has 0 atom stereocenters. The van der Waals surface area contributed by atoms with Gasteiger partial charge in [-0.15, -0.1) is 11.8 Å². The first-order valence-corrected chi connectivity index (χ1v) is 8.67. The number of fused-ring (bicyclic) bond motifs is 1. The molecule has 0 N–H and O–H groups in total. The molecule has 0 aliphatic carbocycles. The van der Waals surface area contributed by atoms with Crippen LogP contribution < -0.4 is 0 Å². The molecule has 5 heteroatoms. The molecule has 1 amide bonds. The third-order valence-electron chi connectivity index (χ3n) is 3.75. The van der Waals surface area contributed by atoms with E-state index in [4.69, 9.17) is 0 Å². The van der Waals surface area contributed by atoms with E-state index < -0.39 is 0 Å². The minimum Gasteiger partial charge on any atom is -0.341 e. The number of likely N-dealkylation sites (N-methyl/N-ethyl adjacent to an activating group) is 1. The van der Waals surface area contributed by atoms with Gasteiger partial charge in [-0.3, -0.25) is 4.79 Å². The molecule has 0 fully saturated rings. The minimum atomic E-state index is 0.0716. The van der Waals surface area contributed by atoms with E-state index in [0.29, 0.717) is 13.0 Å². The maximum absolute atomic E-state index is 12.4. The van der Waals surface area contributed by atoms with Crippen LogP contribution in [0.3, 0.4) is 0 Å². The molecule has 0 radical (unpaired) electrons. The van der Waals surface area contributed by atoms with E-state index in [0.717, 1.165) is 16.9 Å². The van der Waals surface area contributed by atoms with Crippen molar-refractivity contribution in [3.63, 3.8) is 0 Å². The van der Waals surface area contributed by atoms with Crippen LogP contribution in [0.2, 0.25) is 0 Å². The van der Waals surface area contributed by atoms with E-state index >= 15 is 0 Å². The molecule has 2 aromatic heterocycles. The van der Waals surface area contributed by atoms with E-state index in [9.17, 15) is 4.79 Å². The van der Waals surface area contributed by atoms with Crippen molar-refractivity contribution in [2.75, 3.05) is 13.3 Å². The number of imidazole rings is 1. The Morgan fingerprint density at radius 2 is 2.00 bits per heavy atom. The zero-order valence-electron chi connectivity index (χ0n) is 13.3. The highest BCUT2D eigenvalue weighted by Crippen LogP contribution is 2.16. The number of hydrogen-bond acceptors (Lipinski definition) is 3. The number of thioether (sulfide) groups is 1. The molecular weight excluding hydrogens is 306 g/mol. The number of hydrogen-bond donors (Lipinski definition) is 0. The molecule has 0 spiro atoms. The second-order valence-electron chi connectivity index (χ2n) is 5.47. The SMILES string of the molecule is CSc1ccc(CN(C)C(=O)Cc2cn3ccccc3n2)cc1. The van der Waals surface area contributed by atoms with Crippen LogP contribution in [-0.4, -0.2) is 33.5 Å². The van der Waals surface area contributed by atoms with Crippen LogP contribution in [-0.2, 0) is 17.8 Å². The van der Waals surface area contributed by atoms with Gasteiger partial charge in [-0.25, -0.2) is 4.98 Å². The Morgan fingerprint density at radius 3 is 2.70 bits per heavy atom. The van der Waals surface area contributed by atoms with Gasteiger partial charge in [-0.05, 0) is 36.1 Å². The van der Waals surface area contributed by atoms with E-state index in [1.807, 2.05) is 42.0 Å². The summed E-state index contributed by atoms with van der Waals surface area (Å²) >= 11 is 1.72. The lowest BCUT2D eigenvalue weighted by molar-refractivity contribution is -0.129. The van der Waals surface area contributed by atoms with Gasteiger partial charge in [-0.1, -0.05) is 18.2 Å². The normalized spacial score (nSPS) is 10.9. The number of rotatable bonds is 5. The molecule has 2 heterocycles. The summed E-state index contributed by atoms with van der Waals surface area (Å²) in [6.07, 6.45) is 6.22. The average Bonchev–Trinajstić information content (AvgIpc) is 2.97. The van der Waals surface area contributed by atoms with Crippen LogP contribution >= 0.6 is 11.8 Å². The lowest BCUT2D eigenvalue weighted by Crippen LogP contribution is -2.27. The molecule has 118 valence electrons. The molecule has 3 rings (SSSR count). The zero-order chi connectivity index (χ0) is 16.2. The smallest absolute Gasteiger partial charge is 0.228 e. The standard InChI is InChI=1S/C18H19N3OS/c1-20(12-14-6-8-16(23-2)9-7-14)18(22)11-15-13-21-10-4-3-5-17(21)19-15/h3-10,13H,11-12H2,1-2H3. The summed E-state index contributed by atoms with van der Waals surface area (Å²) in [5.41, 5.74) is 2.80. The molecule has 0 saturated carbocycles. The van der Waals surface area contributed by atoms with Gasteiger partial charge in [0.25, 0.3) is 0 Å². The summed E-state index contributed by atoms with van der Waals surface area (Å²) < 4.78 is 1.93. The first kappa shape index (κ1) is 15.6. The van der Waals surface area contributed by atoms with Crippen molar-refractivity contribution in [2.45, 2.75) is 17.9 Å². The van der Waals surface area contributed by atoms with Gasteiger partial charge in [0.1, 0.15) is 5.65 Å². The van der Waals surface area contributed by atoms with Gasteiger partial charge in [0.05, 0.1) is 12.1 Å². The fraction of sp³-hybridized carbons (Fsp3) is 0.222. The number of pyridine rings is 1. The Labute approximate surface area is 140 Å². The summed E-state index contributed by atoms with van der Waals surface area (Å²) in [5, 5.41) is 0. The van der Waals surface area contributed by atoms with E-state index in [-0.39, 0.29) is 5.91 Å². The summed E-state index contributed by atoms with van der Waals surface area (Å²) in [5.74, 6) is 0.0716. The number of benzene rings is 1. The summed E-state index contributed by atoms with van der Waals surface area (Å²) in [6.45, 7) is 0.612. The van der Waals surface area contributed by atoms with Gasteiger partial charge in [0, 0.05) is 30.9 Å². The van der Waals surface area contributed by atoms with Gasteiger partial charge in [0.15, 0.2) is 0 Å². The Hall–Kier alpha value is -2.27. The quantitative estimate of drug-likeness (QED) is 0.676. The average molecular weight is 325 g/mol. The van der Waals surface area contributed by atoms with Crippen LogP contribution in [0.5, 0.6) is 0 Å². The number of aromatic nitrogens is 2. The van der Waals surface area contributed by atoms with Crippen LogP contribution in [0.1, 0.15) is 11.3 Å². The lowest BCUT2D eigenvalue weighted by Gasteiger charge is -2.17. The number of carbonyl (C=O) groups is 1. The van der Waals surface area contributed by atoms with Gasteiger partial charge in [0.2, 0.25) is 5.91 Å². The van der Waals surface area contributed by atoms with Crippen LogP contribution in [0.25, 0.3) is 5.65 Å². The van der Waals surface area contributed by atoms with Crippen molar-refractivity contribution in [1.29, 1.82) is 0 Å². The Balaban J connectivity index is 1.64. The largest absolute Gasteiger partial charge is 0.341 e. The predicted molar refractivity (Wildman–Crippen MR) is 93.6 cm³/mol.